The highest BCUT2D eigenvalue weighted by molar-refractivity contribution is 5.95. The van der Waals surface area contributed by atoms with Crippen LogP contribution in [0.15, 0.2) is 43.0 Å². The fraction of sp³-hybridized carbons (Fsp3) is 0.400. The summed E-state index contributed by atoms with van der Waals surface area (Å²) in [4.78, 5) is 60.5. The summed E-state index contributed by atoms with van der Waals surface area (Å²) in [6, 6.07) is 2.72. The highest BCUT2D eigenvalue weighted by atomic mass is 16.4. The molecule has 0 aliphatic carbocycles. The first kappa shape index (κ1) is 28.3. The number of imidazole rings is 1. The summed E-state index contributed by atoms with van der Waals surface area (Å²) in [5, 5.41) is 26.9. The highest BCUT2D eigenvalue weighted by Gasteiger charge is 2.31. The third-order valence-electron chi connectivity index (χ3n) is 6.16. The van der Waals surface area contributed by atoms with Gasteiger partial charge in [0.2, 0.25) is 17.7 Å². The Balaban J connectivity index is 1.87. The normalized spacial score (nSPS) is 14.4. The van der Waals surface area contributed by atoms with Crippen LogP contribution in [0.1, 0.15) is 25.1 Å². The molecule has 0 fully saturated rings. The van der Waals surface area contributed by atoms with Crippen molar-refractivity contribution in [1.82, 2.24) is 30.9 Å². The molecule has 13 heteroatoms. The fourth-order valence-corrected chi connectivity index (χ4v) is 3.86. The van der Waals surface area contributed by atoms with Crippen molar-refractivity contribution in [3.8, 4) is 0 Å². The Morgan fingerprint density at radius 1 is 0.947 bits per heavy atom. The molecule has 0 saturated carbocycles. The topological polar surface area (TPSA) is 215 Å². The van der Waals surface area contributed by atoms with E-state index in [1.165, 1.54) is 12.5 Å². The number of carbonyl (C=O) groups is 4. The summed E-state index contributed by atoms with van der Waals surface area (Å²) in [5.41, 5.74) is 8.12. The van der Waals surface area contributed by atoms with Gasteiger partial charge in [0.25, 0.3) is 0 Å². The number of aromatic amines is 2. The van der Waals surface area contributed by atoms with Crippen molar-refractivity contribution in [3.63, 3.8) is 0 Å². The minimum Gasteiger partial charge on any atom is -0.480 e. The van der Waals surface area contributed by atoms with Gasteiger partial charge in [0.1, 0.15) is 18.1 Å². The van der Waals surface area contributed by atoms with E-state index in [0.717, 1.165) is 16.5 Å². The van der Waals surface area contributed by atoms with Crippen molar-refractivity contribution in [2.24, 2.45) is 11.7 Å². The summed E-state index contributed by atoms with van der Waals surface area (Å²) in [6.45, 7) is 2.73. The molecule has 3 amide bonds. The first-order valence-corrected chi connectivity index (χ1v) is 12.1. The van der Waals surface area contributed by atoms with Crippen molar-refractivity contribution in [2.75, 3.05) is 6.61 Å². The lowest BCUT2D eigenvalue weighted by Gasteiger charge is -2.25. The van der Waals surface area contributed by atoms with Crippen LogP contribution >= 0.6 is 0 Å². The van der Waals surface area contributed by atoms with E-state index in [1.807, 2.05) is 24.3 Å². The number of carbonyl (C=O) groups excluding carboxylic acids is 3. The number of hydrogen-bond donors (Lipinski definition) is 8. The highest BCUT2D eigenvalue weighted by Crippen LogP contribution is 2.19. The third kappa shape index (κ3) is 7.17. The summed E-state index contributed by atoms with van der Waals surface area (Å²) < 4.78 is 0. The molecule has 0 aliphatic rings. The van der Waals surface area contributed by atoms with Crippen LogP contribution in [-0.4, -0.2) is 79.6 Å². The summed E-state index contributed by atoms with van der Waals surface area (Å²) in [5.74, 6) is -3.64. The fourth-order valence-electron chi connectivity index (χ4n) is 3.86. The maximum absolute atomic E-state index is 13.5. The number of H-pyrrole nitrogens is 2. The molecule has 4 atom stereocenters. The van der Waals surface area contributed by atoms with Gasteiger partial charge >= 0.3 is 5.97 Å². The second-order valence-electron chi connectivity index (χ2n) is 9.32. The second kappa shape index (κ2) is 12.8. The maximum atomic E-state index is 13.5. The smallest absolute Gasteiger partial charge is 0.328 e. The Morgan fingerprint density at radius 3 is 2.18 bits per heavy atom. The van der Waals surface area contributed by atoms with Crippen molar-refractivity contribution in [2.45, 2.75) is 50.9 Å². The minimum absolute atomic E-state index is 0.0470. The van der Waals surface area contributed by atoms with Gasteiger partial charge in [-0.2, -0.15) is 0 Å². The number of carboxylic acids is 1. The van der Waals surface area contributed by atoms with Gasteiger partial charge in [-0.05, 0) is 17.5 Å². The monoisotopic (exact) mass is 527 g/mol. The molecule has 0 aliphatic heterocycles. The quantitative estimate of drug-likeness (QED) is 0.140. The number of aliphatic carboxylic acids is 1. The Bertz CT molecular complexity index is 1260. The number of nitrogens with two attached hydrogens (primary N) is 1. The van der Waals surface area contributed by atoms with Gasteiger partial charge in [-0.25, -0.2) is 9.78 Å². The number of hydrogen-bond acceptors (Lipinski definition) is 7. The van der Waals surface area contributed by atoms with Gasteiger partial charge in [-0.1, -0.05) is 32.0 Å². The van der Waals surface area contributed by atoms with Crippen molar-refractivity contribution >= 4 is 34.6 Å². The number of amides is 3. The van der Waals surface area contributed by atoms with Crippen LogP contribution in [0, 0.1) is 5.92 Å². The number of aromatic nitrogens is 3. The van der Waals surface area contributed by atoms with Gasteiger partial charge < -0.3 is 41.9 Å². The molecule has 0 bridgehead atoms. The molecule has 0 saturated heterocycles. The van der Waals surface area contributed by atoms with Crippen LogP contribution in [0.25, 0.3) is 10.9 Å². The molecule has 9 N–H and O–H groups in total. The molecule has 2 heterocycles. The molecule has 1 aromatic carbocycles. The predicted molar refractivity (Wildman–Crippen MR) is 138 cm³/mol. The summed E-state index contributed by atoms with van der Waals surface area (Å²) >= 11 is 0. The van der Waals surface area contributed by atoms with Crippen LogP contribution in [-0.2, 0) is 32.0 Å². The Morgan fingerprint density at radius 2 is 1.58 bits per heavy atom. The number of aliphatic hydroxyl groups is 1. The zero-order valence-corrected chi connectivity index (χ0v) is 21.1. The number of para-hydroxylation sites is 1. The Hall–Kier alpha value is -4.23. The van der Waals surface area contributed by atoms with E-state index < -0.39 is 54.5 Å². The number of rotatable bonds is 13. The zero-order chi connectivity index (χ0) is 27.8. The van der Waals surface area contributed by atoms with Gasteiger partial charge in [-0.15, -0.1) is 0 Å². The lowest BCUT2D eigenvalue weighted by molar-refractivity contribution is -0.143. The molecular formula is C25H33N7O6. The van der Waals surface area contributed by atoms with Crippen LogP contribution in [0.2, 0.25) is 0 Å². The Labute approximate surface area is 218 Å². The van der Waals surface area contributed by atoms with E-state index in [2.05, 4.69) is 30.9 Å². The molecule has 13 nitrogen and oxygen atoms in total. The SMILES string of the molecule is CC(C)C(N)C(=O)NC(Cc1c[nH]c2ccccc12)C(=O)NC(Cc1cnc[nH]1)C(=O)NC(CO)C(=O)O. The molecule has 3 aromatic rings. The molecule has 3 rings (SSSR count). The molecular weight excluding hydrogens is 494 g/mol. The van der Waals surface area contributed by atoms with Gasteiger partial charge in [0, 0.05) is 41.8 Å². The minimum atomic E-state index is -1.56. The molecule has 2 aromatic heterocycles. The Kier molecular flexibility index (Phi) is 9.57. The summed E-state index contributed by atoms with van der Waals surface area (Å²) in [6.07, 6.45) is 4.65. The first-order chi connectivity index (χ1) is 18.1. The zero-order valence-electron chi connectivity index (χ0n) is 21.1. The van der Waals surface area contributed by atoms with E-state index in [0.29, 0.717) is 5.69 Å². The number of benzene rings is 1. The summed E-state index contributed by atoms with van der Waals surface area (Å²) in [7, 11) is 0. The second-order valence-corrected chi connectivity index (χ2v) is 9.32. The van der Waals surface area contributed by atoms with E-state index in [4.69, 9.17) is 5.73 Å². The molecule has 0 radical (unpaired) electrons. The first-order valence-electron chi connectivity index (χ1n) is 12.1. The van der Waals surface area contributed by atoms with Crippen LogP contribution in [0.5, 0.6) is 0 Å². The molecule has 38 heavy (non-hydrogen) atoms. The van der Waals surface area contributed by atoms with Crippen LogP contribution < -0.4 is 21.7 Å². The van der Waals surface area contributed by atoms with E-state index in [-0.39, 0.29) is 18.8 Å². The molecule has 0 spiro atoms. The number of carboxylic acid groups (broad SMARTS) is 1. The van der Waals surface area contributed by atoms with Gasteiger partial charge in [0.05, 0.1) is 19.0 Å². The largest absolute Gasteiger partial charge is 0.480 e. The number of aliphatic hydroxyl groups excluding tert-OH is 1. The van der Waals surface area contributed by atoms with Crippen molar-refractivity contribution < 1.29 is 29.4 Å². The van der Waals surface area contributed by atoms with Crippen LogP contribution in [0.3, 0.4) is 0 Å². The van der Waals surface area contributed by atoms with Crippen LogP contribution in [0.4, 0.5) is 0 Å². The van der Waals surface area contributed by atoms with E-state index in [1.54, 1.807) is 20.0 Å². The molecule has 4 unspecified atom stereocenters. The number of nitrogens with zero attached hydrogens (tertiary/aromatic N) is 1. The van der Waals surface area contributed by atoms with Gasteiger partial charge in [0.15, 0.2) is 0 Å². The van der Waals surface area contributed by atoms with Crippen molar-refractivity contribution in [3.05, 3.63) is 54.2 Å². The maximum Gasteiger partial charge on any atom is 0.328 e. The van der Waals surface area contributed by atoms with E-state index in [9.17, 15) is 29.4 Å². The standard InChI is InChI=1S/C25H33N7O6/c1-13(2)21(26)24(36)31-18(7-14-9-28-17-6-4-3-5-16(14)17)22(34)30-19(8-15-10-27-12-29-15)23(35)32-20(11-33)25(37)38/h3-6,9-10,12-13,18-21,28,33H,7-8,11,26H2,1-2H3,(H,27,29)(H,30,34)(H,31,36)(H,32,35)(H,37,38). The third-order valence-corrected chi connectivity index (χ3v) is 6.16. The van der Waals surface area contributed by atoms with Gasteiger partial charge in [-0.3, -0.25) is 14.4 Å². The number of nitrogens with one attached hydrogen (secondary N) is 5. The lowest BCUT2D eigenvalue weighted by Crippen LogP contribution is -2.58. The average Bonchev–Trinajstić information content (AvgIpc) is 3.55. The van der Waals surface area contributed by atoms with Crippen molar-refractivity contribution in [1.29, 1.82) is 0 Å². The number of fused-ring (bicyclic) bond motifs is 1. The molecule has 204 valence electrons. The lowest BCUT2D eigenvalue weighted by atomic mass is 10.0. The van der Waals surface area contributed by atoms with E-state index >= 15 is 0 Å². The average molecular weight is 528 g/mol. The predicted octanol–water partition coefficient (Wildman–Crippen LogP) is -0.809.